The zero-order chi connectivity index (χ0) is 26.0. The first-order valence-corrected chi connectivity index (χ1v) is 11.3. The van der Waals surface area contributed by atoms with Crippen LogP contribution in [0.2, 0.25) is 0 Å². The van der Waals surface area contributed by atoms with E-state index in [1.807, 2.05) is 24.3 Å². The molecular weight excluding hydrogens is 466 g/mol. The van der Waals surface area contributed by atoms with Crippen molar-refractivity contribution in [2.75, 3.05) is 0 Å². The summed E-state index contributed by atoms with van der Waals surface area (Å²) in [5, 5.41) is 24.5. The third-order valence-electron chi connectivity index (χ3n) is 6.48. The van der Waals surface area contributed by atoms with Crippen LogP contribution in [0.25, 0.3) is 10.9 Å². The molecule has 0 bridgehead atoms. The molecule has 4 atom stereocenters. The van der Waals surface area contributed by atoms with Crippen LogP contribution in [0.4, 0.5) is 0 Å². The van der Waals surface area contributed by atoms with E-state index in [1.54, 1.807) is 18.3 Å². The van der Waals surface area contributed by atoms with Gasteiger partial charge in [-0.3, -0.25) is 19.2 Å². The molecule has 36 heavy (non-hydrogen) atoms. The summed E-state index contributed by atoms with van der Waals surface area (Å²) in [6.07, 6.45) is 1.35. The van der Waals surface area contributed by atoms with Crippen LogP contribution in [0.15, 0.2) is 54.7 Å². The van der Waals surface area contributed by atoms with Gasteiger partial charge in [-0.15, -0.1) is 0 Å². The molecule has 0 spiro atoms. The topological polar surface area (TPSA) is 201 Å². The number of benzene rings is 2. The number of hydrogen-bond acceptors (Lipinski definition) is 6. The van der Waals surface area contributed by atoms with Gasteiger partial charge in [-0.2, -0.15) is 0 Å². The number of fused-ring (bicyclic) bond motifs is 1. The van der Waals surface area contributed by atoms with Crippen LogP contribution >= 0.6 is 0 Å². The van der Waals surface area contributed by atoms with Crippen molar-refractivity contribution in [3.63, 3.8) is 0 Å². The summed E-state index contributed by atoms with van der Waals surface area (Å²) >= 11 is 0. The number of amides is 3. The smallest absolute Gasteiger partial charge is 0.305 e. The van der Waals surface area contributed by atoms with Crippen LogP contribution in [0, 0.1) is 0 Å². The number of aliphatic carboxylic acids is 1. The Balaban J connectivity index is 1.46. The molecule has 1 aliphatic carbocycles. The normalized spacial score (nSPS) is 20.3. The van der Waals surface area contributed by atoms with Crippen LogP contribution in [0.3, 0.4) is 0 Å². The molecule has 2 aromatic carbocycles. The molecule has 3 amide bonds. The molecule has 2 unspecified atom stereocenters. The number of nitrogens with two attached hydrogens (primary N) is 2. The van der Waals surface area contributed by atoms with Gasteiger partial charge in [0.15, 0.2) is 0 Å². The Morgan fingerprint density at radius 3 is 2.42 bits per heavy atom. The minimum absolute atomic E-state index is 0.0707. The number of H-pyrrole nitrogens is 1. The highest BCUT2D eigenvalue weighted by molar-refractivity contribution is 5.98. The van der Waals surface area contributed by atoms with E-state index in [0.29, 0.717) is 0 Å². The van der Waals surface area contributed by atoms with Gasteiger partial charge in [-0.1, -0.05) is 30.3 Å². The summed E-state index contributed by atoms with van der Waals surface area (Å²) in [5.41, 5.74) is 12.7. The highest BCUT2D eigenvalue weighted by Crippen LogP contribution is 2.49. The van der Waals surface area contributed by atoms with Gasteiger partial charge in [0, 0.05) is 29.4 Å². The van der Waals surface area contributed by atoms with Gasteiger partial charge in [-0.25, -0.2) is 0 Å². The lowest BCUT2D eigenvalue weighted by molar-refractivity contribution is -0.141. The van der Waals surface area contributed by atoms with Crippen molar-refractivity contribution in [1.82, 2.24) is 15.6 Å². The Bertz CT molecular complexity index is 1320. The Morgan fingerprint density at radius 1 is 1.06 bits per heavy atom. The minimum atomic E-state index is -1.47. The fraction of sp³-hybridized carbons (Fsp3) is 0.280. The summed E-state index contributed by atoms with van der Waals surface area (Å²) in [6.45, 7) is 0. The zero-order valence-electron chi connectivity index (χ0n) is 19.2. The van der Waals surface area contributed by atoms with Gasteiger partial charge in [0.05, 0.1) is 6.42 Å². The van der Waals surface area contributed by atoms with Crippen LogP contribution in [0.1, 0.15) is 29.9 Å². The lowest BCUT2D eigenvalue weighted by Crippen LogP contribution is -2.57. The lowest BCUT2D eigenvalue weighted by Gasteiger charge is -2.22. The molecule has 188 valence electrons. The van der Waals surface area contributed by atoms with E-state index < -0.39 is 47.7 Å². The SMILES string of the molecule is NC(=O)[C@H](Cc1c[nH]c2ccccc12)NC(=O)[C@H](CC(=O)O)NC(=O)C1(N)CC1c1ccc(O)cc1. The van der Waals surface area contributed by atoms with Gasteiger partial charge in [0.2, 0.25) is 17.7 Å². The molecule has 0 radical (unpaired) electrons. The summed E-state index contributed by atoms with van der Waals surface area (Å²) in [4.78, 5) is 52.5. The molecule has 0 aliphatic heterocycles. The van der Waals surface area contributed by atoms with E-state index in [0.717, 1.165) is 22.0 Å². The van der Waals surface area contributed by atoms with Crippen LogP contribution in [-0.4, -0.2) is 56.5 Å². The first-order chi connectivity index (χ1) is 17.1. The number of carbonyl (C=O) groups excluding carboxylic acids is 3. The van der Waals surface area contributed by atoms with Gasteiger partial charge in [-0.05, 0) is 35.7 Å². The number of phenols is 1. The monoisotopic (exact) mass is 493 g/mol. The average molecular weight is 494 g/mol. The van der Waals surface area contributed by atoms with Crippen molar-refractivity contribution in [1.29, 1.82) is 0 Å². The molecule has 1 aliphatic rings. The number of carboxylic acid groups (broad SMARTS) is 1. The predicted octanol–water partition coefficient (Wildman–Crippen LogP) is 0.231. The number of carbonyl (C=O) groups is 4. The predicted molar refractivity (Wildman–Crippen MR) is 130 cm³/mol. The van der Waals surface area contributed by atoms with E-state index in [1.165, 1.54) is 12.1 Å². The quantitative estimate of drug-likeness (QED) is 0.209. The number of aromatic nitrogens is 1. The number of primary amides is 1. The molecule has 0 saturated heterocycles. The second-order valence-electron chi connectivity index (χ2n) is 9.04. The summed E-state index contributed by atoms with van der Waals surface area (Å²) < 4.78 is 0. The van der Waals surface area contributed by atoms with E-state index in [2.05, 4.69) is 15.6 Å². The number of aromatic hydroxyl groups is 1. The number of rotatable bonds is 10. The zero-order valence-corrected chi connectivity index (χ0v) is 19.2. The second kappa shape index (κ2) is 9.70. The fourth-order valence-corrected chi connectivity index (χ4v) is 4.34. The molecule has 3 aromatic rings. The molecular formula is C25H27N5O6. The number of nitrogens with one attached hydrogen (secondary N) is 3. The number of para-hydroxylation sites is 1. The first kappa shape index (κ1) is 24.7. The van der Waals surface area contributed by atoms with E-state index in [9.17, 15) is 29.4 Å². The van der Waals surface area contributed by atoms with E-state index in [4.69, 9.17) is 11.5 Å². The molecule has 11 heteroatoms. The molecule has 9 N–H and O–H groups in total. The van der Waals surface area contributed by atoms with Gasteiger partial charge in [0.25, 0.3) is 0 Å². The van der Waals surface area contributed by atoms with Crippen molar-refractivity contribution in [3.8, 4) is 5.75 Å². The molecule has 1 heterocycles. The Labute approximate surface area is 205 Å². The molecule has 1 saturated carbocycles. The Morgan fingerprint density at radius 2 is 1.75 bits per heavy atom. The maximum atomic E-state index is 13.0. The van der Waals surface area contributed by atoms with Gasteiger partial charge < -0.3 is 37.3 Å². The van der Waals surface area contributed by atoms with Crippen LogP contribution in [0.5, 0.6) is 5.75 Å². The lowest BCUT2D eigenvalue weighted by atomic mass is 10.0. The summed E-state index contributed by atoms with van der Waals surface area (Å²) in [6, 6.07) is 11.0. The Hall–Kier alpha value is -4.38. The van der Waals surface area contributed by atoms with Crippen LogP contribution < -0.4 is 22.1 Å². The van der Waals surface area contributed by atoms with Crippen molar-refractivity contribution < 1.29 is 29.4 Å². The van der Waals surface area contributed by atoms with E-state index in [-0.39, 0.29) is 24.5 Å². The average Bonchev–Trinajstić information content (AvgIpc) is 3.37. The number of carboxylic acids is 1. The van der Waals surface area contributed by atoms with Gasteiger partial charge in [0.1, 0.15) is 23.4 Å². The fourth-order valence-electron chi connectivity index (χ4n) is 4.34. The maximum Gasteiger partial charge on any atom is 0.305 e. The number of hydrogen-bond donors (Lipinski definition) is 7. The van der Waals surface area contributed by atoms with Crippen molar-refractivity contribution in [3.05, 3.63) is 65.9 Å². The summed E-state index contributed by atoms with van der Waals surface area (Å²) in [7, 11) is 0. The van der Waals surface area contributed by atoms with Crippen LogP contribution in [-0.2, 0) is 25.6 Å². The molecule has 11 nitrogen and oxygen atoms in total. The third kappa shape index (κ3) is 5.15. The van der Waals surface area contributed by atoms with Gasteiger partial charge >= 0.3 is 5.97 Å². The minimum Gasteiger partial charge on any atom is -0.508 e. The van der Waals surface area contributed by atoms with Crippen molar-refractivity contribution in [2.45, 2.75) is 42.8 Å². The highest BCUT2D eigenvalue weighted by atomic mass is 16.4. The van der Waals surface area contributed by atoms with Crippen molar-refractivity contribution in [2.24, 2.45) is 11.5 Å². The third-order valence-corrected chi connectivity index (χ3v) is 6.48. The number of phenolic OH excluding ortho intramolecular Hbond substituents is 1. The maximum absolute atomic E-state index is 13.0. The number of aromatic amines is 1. The van der Waals surface area contributed by atoms with E-state index >= 15 is 0 Å². The summed E-state index contributed by atoms with van der Waals surface area (Å²) in [5.74, 6) is -3.96. The Kier molecular flexibility index (Phi) is 6.67. The standard InChI is InChI=1S/C25H27N5O6/c26-22(34)19(9-14-12-28-18-4-2-1-3-16(14)18)29-23(35)20(10-21(32)33)30-24(36)25(27)11-17(25)13-5-7-15(31)8-6-13/h1-8,12,17,19-20,28,31H,9-11,27H2,(H2,26,34)(H,29,35)(H,30,36)(H,32,33)/t17?,19-,20-,25?/m0/s1. The molecule has 1 aromatic heterocycles. The second-order valence-corrected chi connectivity index (χ2v) is 9.04. The largest absolute Gasteiger partial charge is 0.508 e. The highest BCUT2D eigenvalue weighted by Gasteiger charge is 2.58. The molecule has 1 fully saturated rings. The van der Waals surface area contributed by atoms with Crippen molar-refractivity contribution >= 4 is 34.6 Å². The first-order valence-electron chi connectivity index (χ1n) is 11.3. The molecule has 4 rings (SSSR count).